The van der Waals surface area contributed by atoms with E-state index in [9.17, 15) is 4.79 Å². The van der Waals surface area contributed by atoms with Gasteiger partial charge >= 0.3 is 0 Å². The predicted octanol–water partition coefficient (Wildman–Crippen LogP) is 3.49. The normalized spacial score (nSPS) is 24.5. The molecule has 4 rings (SSSR count). The third kappa shape index (κ3) is 3.78. The first kappa shape index (κ1) is 17.2. The Morgan fingerprint density at radius 1 is 1.19 bits per heavy atom. The van der Waals surface area contributed by atoms with E-state index in [1.165, 1.54) is 18.4 Å². The molecular formula is C21H26N2O3. The molecule has 2 saturated heterocycles. The van der Waals surface area contributed by atoms with Gasteiger partial charge in [0.25, 0.3) is 5.91 Å². The summed E-state index contributed by atoms with van der Waals surface area (Å²) < 4.78 is 11.5. The molecule has 0 saturated carbocycles. The maximum atomic E-state index is 12.5. The van der Waals surface area contributed by atoms with E-state index in [1.54, 1.807) is 6.07 Å². The van der Waals surface area contributed by atoms with Crippen LogP contribution in [0.4, 0.5) is 0 Å². The van der Waals surface area contributed by atoms with Gasteiger partial charge in [0.05, 0.1) is 0 Å². The molecule has 2 aliphatic rings. The monoisotopic (exact) mass is 354 g/mol. The van der Waals surface area contributed by atoms with Crippen molar-refractivity contribution >= 4 is 5.91 Å². The maximum Gasteiger partial charge on any atom is 0.287 e. The lowest BCUT2D eigenvalue weighted by molar-refractivity contribution is 0.0891. The van der Waals surface area contributed by atoms with Crippen LogP contribution in [0.25, 0.3) is 0 Å². The Kier molecular flexibility index (Phi) is 4.72. The summed E-state index contributed by atoms with van der Waals surface area (Å²) in [6.07, 6.45) is 4.45. The van der Waals surface area contributed by atoms with E-state index in [2.05, 4.69) is 23.6 Å². The van der Waals surface area contributed by atoms with E-state index in [0.29, 0.717) is 30.2 Å². The lowest BCUT2D eigenvalue weighted by Crippen LogP contribution is -2.47. The Hall–Kier alpha value is -2.27. The van der Waals surface area contributed by atoms with Crippen LogP contribution in [0.15, 0.2) is 34.7 Å². The second kappa shape index (κ2) is 7.16. The molecule has 5 heteroatoms. The van der Waals surface area contributed by atoms with Crippen LogP contribution in [0.2, 0.25) is 0 Å². The average Bonchev–Trinajstić information content (AvgIpc) is 3.21. The first-order chi connectivity index (χ1) is 12.6. The first-order valence-corrected chi connectivity index (χ1v) is 9.42. The van der Waals surface area contributed by atoms with Crippen LogP contribution in [0.3, 0.4) is 0 Å². The standard InChI is InChI=1S/C21H26N2O3/c1-13-3-7-19(14(2)9-13)25-12-18-6-8-20(26-18)21(24)23-17-10-15-4-5-16(11-17)22-15/h3,6-9,15-17,22H,4-5,10-12H2,1-2H3,(H,23,24). The molecule has 2 aliphatic heterocycles. The fourth-order valence-corrected chi connectivity index (χ4v) is 4.12. The zero-order chi connectivity index (χ0) is 18.1. The zero-order valence-corrected chi connectivity index (χ0v) is 15.4. The molecule has 2 aromatic rings. The number of carbonyl (C=O) groups is 1. The van der Waals surface area contributed by atoms with Crippen LogP contribution in [-0.4, -0.2) is 24.0 Å². The van der Waals surface area contributed by atoms with Gasteiger partial charge < -0.3 is 19.8 Å². The van der Waals surface area contributed by atoms with Crippen LogP contribution in [0, 0.1) is 13.8 Å². The molecule has 5 nitrogen and oxygen atoms in total. The number of amides is 1. The summed E-state index contributed by atoms with van der Waals surface area (Å²) in [4.78, 5) is 12.5. The van der Waals surface area contributed by atoms with Gasteiger partial charge in [-0.2, -0.15) is 0 Å². The number of piperidine rings is 1. The molecule has 3 heterocycles. The minimum Gasteiger partial charge on any atom is -0.485 e. The van der Waals surface area contributed by atoms with Gasteiger partial charge in [0, 0.05) is 18.1 Å². The average molecular weight is 354 g/mol. The Balaban J connectivity index is 1.33. The van der Waals surface area contributed by atoms with Crippen molar-refractivity contribution < 1.29 is 13.9 Å². The maximum absolute atomic E-state index is 12.5. The molecule has 2 unspecified atom stereocenters. The number of nitrogens with one attached hydrogen (secondary N) is 2. The number of benzene rings is 1. The summed E-state index contributed by atoms with van der Waals surface area (Å²) in [6.45, 7) is 4.40. The third-order valence-corrected chi connectivity index (χ3v) is 5.39. The lowest BCUT2D eigenvalue weighted by Gasteiger charge is -2.29. The predicted molar refractivity (Wildman–Crippen MR) is 99.4 cm³/mol. The summed E-state index contributed by atoms with van der Waals surface area (Å²) in [7, 11) is 0. The van der Waals surface area contributed by atoms with Crippen molar-refractivity contribution in [2.24, 2.45) is 0 Å². The van der Waals surface area contributed by atoms with Crippen LogP contribution in [0.1, 0.15) is 53.1 Å². The van der Waals surface area contributed by atoms with Crippen molar-refractivity contribution in [2.45, 2.75) is 64.3 Å². The number of carbonyl (C=O) groups excluding carboxylic acids is 1. The van der Waals surface area contributed by atoms with Gasteiger partial charge in [-0.05, 0) is 63.3 Å². The topological polar surface area (TPSA) is 63.5 Å². The number of aryl methyl sites for hydroxylation is 2. The summed E-state index contributed by atoms with van der Waals surface area (Å²) in [5, 5.41) is 6.71. The van der Waals surface area contributed by atoms with E-state index in [1.807, 2.05) is 25.1 Å². The van der Waals surface area contributed by atoms with Crippen molar-refractivity contribution in [1.82, 2.24) is 10.6 Å². The summed E-state index contributed by atoms with van der Waals surface area (Å²) >= 11 is 0. The minimum absolute atomic E-state index is 0.130. The number of rotatable bonds is 5. The molecule has 0 spiro atoms. The highest BCUT2D eigenvalue weighted by molar-refractivity contribution is 5.91. The first-order valence-electron chi connectivity index (χ1n) is 9.42. The van der Waals surface area contributed by atoms with Crippen molar-refractivity contribution in [3.8, 4) is 5.75 Å². The molecule has 0 aliphatic carbocycles. The van der Waals surface area contributed by atoms with Crippen molar-refractivity contribution in [3.05, 3.63) is 53.0 Å². The largest absolute Gasteiger partial charge is 0.485 e. The van der Waals surface area contributed by atoms with Gasteiger partial charge in [-0.3, -0.25) is 4.79 Å². The Bertz CT molecular complexity index is 786. The molecule has 2 fully saturated rings. The number of fused-ring (bicyclic) bond motifs is 2. The summed E-state index contributed by atoms with van der Waals surface area (Å²) in [5.74, 6) is 1.72. The highest BCUT2D eigenvalue weighted by atomic mass is 16.5. The highest BCUT2D eigenvalue weighted by Gasteiger charge is 2.34. The molecular weight excluding hydrogens is 328 g/mol. The molecule has 2 bridgehead atoms. The van der Waals surface area contributed by atoms with Crippen LogP contribution in [0.5, 0.6) is 5.75 Å². The molecule has 1 aromatic heterocycles. The quantitative estimate of drug-likeness (QED) is 0.863. The summed E-state index contributed by atoms with van der Waals surface area (Å²) in [6, 6.07) is 11.0. The molecule has 0 radical (unpaired) electrons. The molecule has 1 amide bonds. The number of hydrogen-bond donors (Lipinski definition) is 2. The van der Waals surface area contributed by atoms with E-state index >= 15 is 0 Å². The third-order valence-electron chi connectivity index (χ3n) is 5.39. The van der Waals surface area contributed by atoms with Crippen LogP contribution >= 0.6 is 0 Å². The van der Waals surface area contributed by atoms with Crippen molar-refractivity contribution in [2.75, 3.05) is 0 Å². The molecule has 26 heavy (non-hydrogen) atoms. The number of furan rings is 1. The zero-order valence-electron chi connectivity index (χ0n) is 15.4. The fraction of sp³-hybridized carbons (Fsp3) is 0.476. The molecule has 2 atom stereocenters. The van der Waals surface area contributed by atoms with E-state index in [0.717, 1.165) is 24.2 Å². The summed E-state index contributed by atoms with van der Waals surface area (Å²) in [5.41, 5.74) is 2.30. The second-order valence-corrected chi connectivity index (χ2v) is 7.60. The Morgan fingerprint density at radius 3 is 2.69 bits per heavy atom. The molecule has 1 aromatic carbocycles. The highest BCUT2D eigenvalue weighted by Crippen LogP contribution is 2.27. The smallest absolute Gasteiger partial charge is 0.287 e. The van der Waals surface area contributed by atoms with Gasteiger partial charge in [0.2, 0.25) is 0 Å². The van der Waals surface area contributed by atoms with Crippen molar-refractivity contribution in [3.63, 3.8) is 0 Å². The van der Waals surface area contributed by atoms with Gasteiger partial charge in [0.1, 0.15) is 18.1 Å². The SMILES string of the molecule is Cc1ccc(OCc2ccc(C(=O)NC3CC4CCC(C3)N4)o2)c(C)c1. The van der Waals surface area contributed by atoms with Crippen molar-refractivity contribution in [1.29, 1.82) is 0 Å². The number of hydrogen-bond acceptors (Lipinski definition) is 4. The Labute approximate surface area is 154 Å². The van der Waals surface area contributed by atoms with Crippen LogP contribution < -0.4 is 15.4 Å². The van der Waals surface area contributed by atoms with Gasteiger partial charge in [-0.25, -0.2) is 0 Å². The van der Waals surface area contributed by atoms with Gasteiger partial charge in [-0.1, -0.05) is 17.7 Å². The second-order valence-electron chi connectivity index (χ2n) is 7.60. The van der Waals surface area contributed by atoms with Gasteiger partial charge in [0.15, 0.2) is 5.76 Å². The van der Waals surface area contributed by atoms with E-state index in [-0.39, 0.29) is 11.9 Å². The lowest BCUT2D eigenvalue weighted by atomic mass is 10.00. The van der Waals surface area contributed by atoms with E-state index < -0.39 is 0 Å². The minimum atomic E-state index is -0.130. The van der Waals surface area contributed by atoms with Crippen LogP contribution in [-0.2, 0) is 6.61 Å². The number of ether oxygens (including phenoxy) is 1. The fourth-order valence-electron chi connectivity index (χ4n) is 4.12. The molecule has 138 valence electrons. The van der Waals surface area contributed by atoms with Gasteiger partial charge in [-0.15, -0.1) is 0 Å². The van der Waals surface area contributed by atoms with E-state index in [4.69, 9.17) is 9.15 Å². The Morgan fingerprint density at radius 2 is 1.96 bits per heavy atom. The molecule has 2 N–H and O–H groups in total.